The lowest BCUT2D eigenvalue weighted by atomic mass is 10.0. The molecule has 0 atom stereocenters. The molecule has 0 saturated heterocycles. The van der Waals surface area contributed by atoms with Crippen molar-refractivity contribution in [3.8, 4) is 0 Å². The van der Waals surface area contributed by atoms with Crippen molar-refractivity contribution in [2.45, 2.75) is 20.3 Å². The highest BCUT2D eigenvalue weighted by atomic mass is 16.4. The first-order valence-electron chi connectivity index (χ1n) is 8.35. The Hall–Kier alpha value is -2.73. The normalized spacial score (nSPS) is 10.7. The fourth-order valence-corrected chi connectivity index (χ4v) is 2.61. The fourth-order valence-electron chi connectivity index (χ4n) is 2.61. The first kappa shape index (κ1) is 18.6. The van der Waals surface area contributed by atoms with Gasteiger partial charge in [0, 0.05) is 24.6 Å². The van der Waals surface area contributed by atoms with Crippen LogP contribution in [0.2, 0.25) is 0 Å². The van der Waals surface area contributed by atoms with Crippen LogP contribution in [0, 0.1) is 0 Å². The molecule has 2 rings (SSSR count). The van der Waals surface area contributed by atoms with Crippen LogP contribution < -0.4 is 5.32 Å². The number of hydrogen-bond donors (Lipinski definition) is 2. The van der Waals surface area contributed by atoms with E-state index in [1.807, 2.05) is 0 Å². The molecule has 132 valence electrons. The van der Waals surface area contributed by atoms with Gasteiger partial charge in [-0.05, 0) is 55.4 Å². The number of carbonyl (C=O) groups is 2. The van der Waals surface area contributed by atoms with Crippen LogP contribution in [0.5, 0.6) is 0 Å². The highest BCUT2D eigenvalue weighted by Gasteiger charge is 2.13. The van der Waals surface area contributed by atoms with Crippen LogP contribution in [0.3, 0.4) is 0 Å². The van der Waals surface area contributed by atoms with E-state index in [4.69, 9.17) is 0 Å². The third kappa shape index (κ3) is 5.12. The molecule has 1 aromatic carbocycles. The third-order valence-electron chi connectivity index (χ3n) is 4.11. The van der Waals surface area contributed by atoms with Crippen molar-refractivity contribution in [2.75, 3.05) is 25.0 Å². The van der Waals surface area contributed by atoms with Gasteiger partial charge >= 0.3 is 5.97 Å². The minimum Gasteiger partial charge on any atom is -0.478 e. The van der Waals surface area contributed by atoms with Gasteiger partial charge in [-0.25, -0.2) is 4.79 Å². The van der Waals surface area contributed by atoms with E-state index < -0.39 is 5.97 Å². The molecule has 25 heavy (non-hydrogen) atoms. The summed E-state index contributed by atoms with van der Waals surface area (Å²) in [7, 11) is 0. The minimum atomic E-state index is -0.959. The molecule has 0 radical (unpaired) electrons. The van der Waals surface area contributed by atoms with Crippen molar-refractivity contribution in [3.05, 3.63) is 59.4 Å². The summed E-state index contributed by atoms with van der Waals surface area (Å²) in [5.74, 6) is -1.23. The van der Waals surface area contributed by atoms with Crippen molar-refractivity contribution < 1.29 is 14.7 Å². The number of aromatic nitrogens is 1. The number of nitrogens with zero attached hydrogens (tertiary/aromatic N) is 2. The molecule has 0 aliphatic carbocycles. The van der Waals surface area contributed by atoms with Crippen LogP contribution in [0.1, 0.15) is 40.1 Å². The van der Waals surface area contributed by atoms with E-state index in [0.29, 0.717) is 23.2 Å². The minimum absolute atomic E-state index is 0.270. The summed E-state index contributed by atoms with van der Waals surface area (Å²) in [6, 6.07) is 8.26. The Morgan fingerprint density at radius 3 is 2.56 bits per heavy atom. The third-order valence-corrected chi connectivity index (χ3v) is 4.11. The summed E-state index contributed by atoms with van der Waals surface area (Å²) in [6.45, 7) is 6.75. The van der Waals surface area contributed by atoms with E-state index in [2.05, 4.69) is 29.0 Å². The number of pyridine rings is 1. The Morgan fingerprint density at radius 2 is 1.96 bits per heavy atom. The lowest BCUT2D eigenvalue weighted by Crippen LogP contribution is -2.26. The Balaban J connectivity index is 2.18. The van der Waals surface area contributed by atoms with E-state index in [0.717, 1.165) is 19.6 Å². The molecule has 0 aliphatic rings. The predicted molar refractivity (Wildman–Crippen MR) is 97.1 cm³/mol. The first-order valence-corrected chi connectivity index (χ1v) is 8.35. The summed E-state index contributed by atoms with van der Waals surface area (Å²) in [5.41, 5.74) is 2.01. The quantitative estimate of drug-likeness (QED) is 0.771. The summed E-state index contributed by atoms with van der Waals surface area (Å²) < 4.78 is 0. The Morgan fingerprint density at radius 1 is 1.20 bits per heavy atom. The zero-order valence-corrected chi connectivity index (χ0v) is 14.5. The van der Waals surface area contributed by atoms with Crippen molar-refractivity contribution in [1.29, 1.82) is 0 Å². The maximum atomic E-state index is 12.2. The van der Waals surface area contributed by atoms with Gasteiger partial charge in [0.25, 0.3) is 5.91 Å². The number of amides is 1. The van der Waals surface area contributed by atoms with Crippen LogP contribution in [-0.2, 0) is 6.42 Å². The fraction of sp³-hybridized carbons (Fsp3) is 0.316. The molecule has 2 aromatic rings. The Labute approximate surface area is 147 Å². The van der Waals surface area contributed by atoms with Crippen molar-refractivity contribution in [3.63, 3.8) is 0 Å². The predicted octanol–water partition coefficient (Wildman–Crippen LogP) is 2.92. The highest BCUT2D eigenvalue weighted by molar-refractivity contribution is 6.04. The van der Waals surface area contributed by atoms with Gasteiger partial charge in [0.2, 0.25) is 0 Å². The van der Waals surface area contributed by atoms with Gasteiger partial charge in [-0.1, -0.05) is 13.8 Å². The summed E-state index contributed by atoms with van der Waals surface area (Å²) in [4.78, 5) is 29.8. The van der Waals surface area contributed by atoms with E-state index in [-0.39, 0.29) is 11.5 Å². The zero-order valence-electron chi connectivity index (χ0n) is 14.5. The monoisotopic (exact) mass is 341 g/mol. The van der Waals surface area contributed by atoms with Crippen molar-refractivity contribution >= 4 is 17.6 Å². The van der Waals surface area contributed by atoms with Crippen molar-refractivity contribution in [1.82, 2.24) is 9.88 Å². The van der Waals surface area contributed by atoms with Crippen LogP contribution >= 0.6 is 0 Å². The molecular formula is C19H23N3O3. The second-order valence-electron chi connectivity index (χ2n) is 5.65. The molecule has 0 aliphatic heterocycles. The molecule has 0 unspecified atom stereocenters. The number of rotatable bonds is 8. The zero-order chi connectivity index (χ0) is 18.2. The van der Waals surface area contributed by atoms with E-state index in [1.54, 1.807) is 36.5 Å². The number of carbonyl (C=O) groups excluding carboxylic acids is 1. The van der Waals surface area contributed by atoms with Crippen LogP contribution in [0.15, 0.2) is 42.7 Å². The highest BCUT2D eigenvalue weighted by Crippen LogP contribution is 2.18. The summed E-state index contributed by atoms with van der Waals surface area (Å²) in [6.07, 6.45) is 3.70. The SMILES string of the molecule is CCN(CC)CCc1cc(NC(=O)c2cccnc2)ccc1C(=O)O. The molecule has 6 heteroatoms. The summed E-state index contributed by atoms with van der Waals surface area (Å²) >= 11 is 0. The molecule has 0 fully saturated rings. The maximum Gasteiger partial charge on any atom is 0.335 e. The van der Waals surface area contributed by atoms with Crippen LogP contribution in [0.25, 0.3) is 0 Å². The Kier molecular flexibility index (Phi) is 6.65. The van der Waals surface area contributed by atoms with Gasteiger partial charge in [0.15, 0.2) is 0 Å². The molecule has 0 spiro atoms. The number of hydrogen-bond acceptors (Lipinski definition) is 4. The lowest BCUT2D eigenvalue weighted by molar-refractivity contribution is 0.0695. The van der Waals surface area contributed by atoms with Crippen LogP contribution in [0.4, 0.5) is 5.69 Å². The Bertz CT molecular complexity index is 728. The number of aromatic carboxylic acids is 1. The molecule has 2 N–H and O–H groups in total. The molecule has 1 heterocycles. The van der Waals surface area contributed by atoms with Gasteiger partial charge in [-0.2, -0.15) is 0 Å². The van der Waals surface area contributed by atoms with Gasteiger partial charge in [0.05, 0.1) is 11.1 Å². The second kappa shape index (κ2) is 8.94. The second-order valence-corrected chi connectivity index (χ2v) is 5.65. The largest absolute Gasteiger partial charge is 0.478 e. The van der Waals surface area contributed by atoms with E-state index in [9.17, 15) is 14.7 Å². The van der Waals surface area contributed by atoms with Gasteiger partial charge in [0.1, 0.15) is 0 Å². The number of likely N-dealkylation sites (N-methyl/N-ethyl adjacent to an activating group) is 1. The molecule has 0 bridgehead atoms. The average Bonchev–Trinajstić information content (AvgIpc) is 2.63. The van der Waals surface area contributed by atoms with Crippen molar-refractivity contribution in [2.24, 2.45) is 0 Å². The molecule has 1 amide bonds. The number of benzene rings is 1. The van der Waals surface area contributed by atoms with Crippen LogP contribution in [-0.4, -0.2) is 46.5 Å². The summed E-state index contributed by atoms with van der Waals surface area (Å²) in [5, 5.41) is 12.2. The van der Waals surface area contributed by atoms with Gasteiger partial charge < -0.3 is 15.3 Å². The standard InChI is InChI=1S/C19H23N3O3/c1-3-22(4-2)11-9-14-12-16(7-8-17(14)19(24)25)21-18(23)15-6-5-10-20-13-15/h5-8,10,12-13H,3-4,9,11H2,1-2H3,(H,21,23)(H,24,25). The maximum absolute atomic E-state index is 12.2. The van der Waals surface area contributed by atoms with Gasteiger partial charge in [-0.15, -0.1) is 0 Å². The first-order chi connectivity index (χ1) is 12.0. The number of nitrogens with one attached hydrogen (secondary N) is 1. The smallest absolute Gasteiger partial charge is 0.335 e. The molecule has 6 nitrogen and oxygen atoms in total. The number of carboxylic acid groups (broad SMARTS) is 1. The number of anilines is 1. The molecular weight excluding hydrogens is 318 g/mol. The van der Waals surface area contributed by atoms with E-state index in [1.165, 1.54) is 6.20 Å². The topological polar surface area (TPSA) is 82.5 Å². The number of carboxylic acids is 1. The van der Waals surface area contributed by atoms with Gasteiger partial charge in [-0.3, -0.25) is 9.78 Å². The molecule has 0 saturated carbocycles. The average molecular weight is 341 g/mol. The van der Waals surface area contributed by atoms with E-state index >= 15 is 0 Å². The molecule has 1 aromatic heterocycles. The lowest BCUT2D eigenvalue weighted by Gasteiger charge is -2.18.